The zero-order valence-corrected chi connectivity index (χ0v) is 22.2. The third kappa shape index (κ3) is 7.38. The maximum Gasteiger partial charge on any atom is 0.408 e. The van der Waals surface area contributed by atoms with Crippen LogP contribution in [0.4, 0.5) is 16.2 Å². The van der Waals surface area contributed by atoms with E-state index in [2.05, 4.69) is 20.9 Å². The number of nitrogens with two attached hydrogens (primary N) is 1. The number of fused-ring (bicyclic) bond motifs is 1. The van der Waals surface area contributed by atoms with Crippen molar-refractivity contribution in [2.75, 3.05) is 11.1 Å². The number of alkyl carbamates (subject to hydrolysis) is 1. The third-order valence-corrected chi connectivity index (χ3v) is 6.00. The van der Waals surface area contributed by atoms with Gasteiger partial charge in [-0.1, -0.05) is 42.5 Å². The number of rotatable bonds is 8. The molecule has 0 spiro atoms. The summed E-state index contributed by atoms with van der Waals surface area (Å²) in [6, 6.07) is 20.8. The number of aromatic nitrogens is 1. The van der Waals surface area contributed by atoms with Crippen molar-refractivity contribution in [3.63, 3.8) is 0 Å². The number of carbonyl (C=O) groups excluding carboxylic acids is 3. The highest BCUT2D eigenvalue weighted by atomic mass is 16.6. The largest absolute Gasteiger partial charge is 0.444 e. The number of hydrogen-bond donors (Lipinski definition) is 5. The van der Waals surface area contributed by atoms with Crippen LogP contribution >= 0.6 is 0 Å². The molecular formula is C30H33N5O4. The molecule has 9 nitrogen and oxygen atoms in total. The molecule has 1 heterocycles. The molecule has 0 aliphatic rings. The number of anilines is 2. The standard InChI is InChI=1S/C30H33N5O4/c1-30(2,3)39-29(38)35-26(16-21-18-32-24-10-6-4-8-22(21)24)28(37)33-17-19-12-14-20(15-13-19)27(36)34-25-11-7-5-9-23(25)31/h4-15,18,26,32H,16-17,31H2,1-3H3,(H,33,37)(H,34,36)(H,35,38). The van der Waals surface area contributed by atoms with Gasteiger partial charge in [-0.05, 0) is 62.2 Å². The van der Waals surface area contributed by atoms with Gasteiger partial charge < -0.3 is 31.4 Å². The van der Waals surface area contributed by atoms with Crippen LogP contribution < -0.4 is 21.7 Å². The van der Waals surface area contributed by atoms with Crippen molar-refractivity contribution in [2.24, 2.45) is 0 Å². The van der Waals surface area contributed by atoms with Crippen LogP contribution in [0.3, 0.4) is 0 Å². The summed E-state index contributed by atoms with van der Waals surface area (Å²) in [6.45, 7) is 5.51. The van der Waals surface area contributed by atoms with Gasteiger partial charge in [0.1, 0.15) is 11.6 Å². The average Bonchev–Trinajstić information content (AvgIpc) is 3.30. The lowest BCUT2D eigenvalue weighted by atomic mass is 10.0. The molecule has 3 aromatic carbocycles. The number of para-hydroxylation sites is 3. The second-order valence-corrected chi connectivity index (χ2v) is 10.2. The maximum absolute atomic E-state index is 13.2. The number of carbonyl (C=O) groups is 3. The normalized spacial score (nSPS) is 12.0. The highest BCUT2D eigenvalue weighted by Gasteiger charge is 2.25. The van der Waals surface area contributed by atoms with E-state index in [0.29, 0.717) is 16.9 Å². The van der Waals surface area contributed by atoms with Gasteiger partial charge in [0.25, 0.3) is 5.91 Å². The van der Waals surface area contributed by atoms with Crippen molar-refractivity contribution in [2.45, 2.75) is 45.4 Å². The quantitative estimate of drug-likeness (QED) is 0.210. The SMILES string of the molecule is CC(C)(C)OC(=O)NC(Cc1c[nH]c2ccccc12)C(=O)NCc1ccc(C(=O)Nc2ccccc2N)cc1. The molecule has 0 fully saturated rings. The van der Waals surface area contributed by atoms with E-state index < -0.39 is 17.7 Å². The Bertz CT molecular complexity index is 1470. The number of nitrogens with one attached hydrogen (secondary N) is 4. The van der Waals surface area contributed by atoms with E-state index in [1.165, 1.54) is 0 Å². The molecule has 0 saturated carbocycles. The number of nitrogen functional groups attached to an aromatic ring is 1. The van der Waals surface area contributed by atoms with Crippen LogP contribution in [0.15, 0.2) is 79.0 Å². The van der Waals surface area contributed by atoms with Crippen molar-refractivity contribution in [3.8, 4) is 0 Å². The molecule has 0 saturated heterocycles. The Morgan fingerprint density at radius 3 is 2.36 bits per heavy atom. The summed E-state index contributed by atoms with van der Waals surface area (Å²) in [4.78, 5) is 41.5. The first kappa shape index (κ1) is 27.3. The summed E-state index contributed by atoms with van der Waals surface area (Å²) in [5, 5.41) is 9.37. The molecule has 1 atom stereocenters. The van der Waals surface area contributed by atoms with E-state index in [1.807, 2.05) is 30.5 Å². The molecule has 1 aromatic heterocycles. The first-order valence-electron chi connectivity index (χ1n) is 12.7. The van der Waals surface area contributed by atoms with Gasteiger partial charge in [-0.3, -0.25) is 9.59 Å². The predicted octanol–water partition coefficient (Wildman–Crippen LogP) is 4.75. The zero-order chi connectivity index (χ0) is 28.0. The molecule has 0 radical (unpaired) electrons. The lowest BCUT2D eigenvalue weighted by Crippen LogP contribution is -2.49. The lowest BCUT2D eigenvalue weighted by molar-refractivity contribution is -0.123. The molecule has 0 aliphatic carbocycles. The van der Waals surface area contributed by atoms with Gasteiger partial charge in [0.2, 0.25) is 5.91 Å². The molecular weight excluding hydrogens is 494 g/mol. The minimum Gasteiger partial charge on any atom is -0.444 e. The fourth-order valence-electron chi connectivity index (χ4n) is 4.07. The molecule has 0 bridgehead atoms. The van der Waals surface area contributed by atoms with Crippen LogP contribution in [0.1, 0.15) is 42.3 Å². The Morgan fingerprint density at radius 1 is 0.949 bits per heavy atom. The van der Waals surface area contributed by atoms with Crippen molar-refractivity contribution < 1.29 is 19.1 Å². The van der Waals surface area contributed by atoms with E-state index in [0.717, 1.165) is 22.0 Å². The van der Waals surface area contributed by atoms with Crippen molar-refractivity contribution in [3.05, 3.63) is 95.7 Å². The fourth-order valence-corrected chi connectivity index (χ4v) is 4.07. The van der Waals surface area contributed by atoms with Gasteiger partial charge in [0.15, 0.2) is 0 Å². The second kappa shape index (κ2) is 11.7. The van der Waals surface area contributed by atoms with Gasteiger partial charge in [-0.25, -0.2) is 4.79 Å². The van der Waals surface area contributed by atoms with Crippen LogP contribution in [0.25, 0.3) is 10.9 Å². The van der Waals surface area contributed by atoms with Gasteiger partial charge in [0.05, 0.1) is 11.4 Å². The highest BCUT2D eigenvalue weighted by Crippen LogP contribution is 2.20. The maximum atomic E-state index is 13.2. The Hall–Kier alpha value is -4.79. The minimum absolute atomic E-state index is 0.215. The first-order valence-corrected chi connectivity index (χ1v) is 12.7. The fraction of sp³-hybridized carbons (Fsp3) is 0.233. The molecule has 39 heavy (non-hydrogen) atoms. The monoisotopic (exact) mass is 527 g/mol. The van der Waals surface area contributed by atoms with Gasteiger partial charge >= 0.3 is 6.09 Å². The van der Waals surface area contributed by atoms with Gasteiger partial charge in [0, 0.05) is 35.6 Å². The summed E-state index contributed by atoms with van der Waals surface area (Å²) >= 11 is 0. The summed E-state index contributed by atoms with van der Waals surface area (Å²) in [7, 11) is 0. The summed E-state index contributed by atoms with van der Waals surface area (Å²) < 4.78 is 5.39. The van der Waals surface area contributed by atoms with Crippen LogP contribution in [-0.4, -0.2) is 34.5 Å². The van der Waals surface area contributed by atoms with Crippen molar-refractivity contribution in [1.82, 2.24) is 15.6 Å². The smallest absolute Gasteiger partial charge is 0.408 e. The summed E-state index contributed by atoms with van der Waals surface area (Å²) in [6.07, 6.45) is 1.45. The molecule has 0 aliphatic heterocycles. The van der Waals surface area contributed by atoms with Crippen molar-refractivity contribution in [1.29, 1.82) is 0 Å². The van der Waals surface area contributed by atoms with Crippen molar-refractivity contribution >= 4 is 40.2 Å². The number of hydrogen-bond acceptors (Lipinski definition) is 5. The summed E-state index contributed by atoms with van der Waals surface area (Å²) in [5.41, 5.74) is 9.31. The van der Waals surface area contributed by atoms with E-state index in [-0.39, 0.29) is 24.8 Å². The number of amides is 3. The number of ether oxygens (including phenoxy) is 1. The third-order valence-electron chi connectivity index (χ3n) is 6.00. The van der Waals surface area contributed by atoms with Gasteiger partial charge in [-0.15, -0.1) is 0 Å². The molecule has 4 aromatic rings. The summed E-state index contributed by atoms with van der Waals surface area (Å²) in [5.74, 6) is -0.642. The van der Waals surface area contributed by atoms with Crippen LogP contribution in [0.2, 0.25) is 0 Å². The second-order valence-electron chi connectivity index (χ2n) is 10.2. The highest BCUT2D eigenvalue weighted by molar-refractivity contribution is 6.05. The Labute approximate surface area is 227 Å². The van der Waals surface area contributed by atoms with E-state index in [9.17, 15) is 14.4 Å². The van der Waals surface area contributed by atoms with Crippen LogP contribution in [-0.2, 0) is 22.5 Å². The number of aromatic amines is 1. The van der Waals surface area contributed by atoms with Crippen LogP contribution in [0.5, 0.6) is 0 Å². The molecule has 4 rings (SSSR count). The van der Waals surface area contributed by atoms with E-state index in [4.69, 9.17) is 10.5 Å². The molecule has 3 amide bonds. The predicted molar refractivity (Wildman–Crippen MR) is 152 cm³/mol. The Morgan fingerprint density at radius 2 is 1.64 bits per heavy atom. The molecule has 202 valence electrons. The van der Waals surface area contributed by atoms with Gasteiger partial charge in [-0.2, -0.15) is 0 Å². The first-order chi connectivity index (χ1) is 18.6. The van der Waals surface area contributed by atoms with Crippen LogP contribution in [0, 0.1) is 0 Å². The topological polar surface area (TPSA) is 138 Å². The lowest BCUT2D eigenvalue weighted by Gasteiger charge is -2.23. The number of H-pyrrole nitrogens is 1. The Kier molecular flexibility index (Phi) is 8.19. The molecule has 1 unspecified atom stereocenters. The minimum atomic E-state index is -0.861. The average molecular weight is 528 g/mol. The van der Waals surface area contributed by atoms with E-state index in [1.54, 1.807) is 69.3 Å². The molecule has 6 N–H and O–H groups in total. The molecule has 9 heteroatoms. The number of benzene rings is 3. The Balaban J connectivity index is 1.41. The van der Waals surface area contributed by atoms with E-state index >= 15 is 0 Å². The zero-order valence-electron chi connectivity index (χ0n) is 22.2.